The zero-order chi connectivity index (χ0) is 13.0. The van der Waals surface area contributed by atoms with Crippen molar-refractivity contribution in [1.29, 1.82) is 0 Å². The van der Waals surface area contributed by atoms with E-state index >= 15 is 0 Å². The first-order valence-corrected chi connectivity index (χ1v) is 6.80. The van der Waals surface area contributed by atoms with Gasteiger partial charge in [-0.15, -0.1) is 0 Å². The van der Waals surface area contributed by atoms with Gasteiger partial charge in [-0.1, -0.05) is 77.8 Å². The van der Waals surface area contributed by atoms with Crippen molar-refractivity contribution in [2.24, 2.45) is 0 Å². The van der Waals surface area contributed by atoms with Crippen LogP contribution in [-0.2, 0) is 0 Å². The second-order valence-electron chi connectivity index (χ2n) is 3.60. The largest absolute Gasteiger partial charge is 0.0683 e. The predicted octanol–water partition coefficient (Wildman–Crippen LogP) is 5.95. The topological polar surface area (TPSA) is 0 Å². The monoisotopic (exact) mass is 222 g/mol. The van der Waals surface area contributed by atoms with Crippen LogP contribution in [0.3, 0.4) is 0 Å². The molecule has 0 saturated heterocycles. The summed E-state index contributed by atoms with van der Waals surface area (Å²) in [4.78, 5) is 0. The summed E-state index contributed by atoms with van der Waals surface area (Å²) in [6, 6.07) is 8.88. The second kappa shape index (κ2) is 12.3. The van der Waals surface area contributed by atoms with Crippen molar-refractivity contribution in [3.05, 3.63) is 35.4 Å². The third kappa shape index (κ3) is 7.50. The van der Waals surface area contributed by atoms with E-state index in [-0.39, 0.29) is 0 Å². The first-order valence-electron chi connectivity index (χ1n) is 6.80. The molecule has 0 saturated carbocycles. The smallest absolute Gasteiger partial charge is 0.0190 e. The Bertz CT molecular complexity index is 220. The normalized spacial score (nSPS) is 10.4. The Kier molecular flexibility index (Phi) is 13.5. The molecule has 94 valence electrons. The molecule has 0 aliphatic carbocycles. The Labute approximate surface area is 103 Å². The van der Waals surface area contributed by atoms with Gasteiger partial charge in [0.1, 0.15) is 0 Å². The SMILES string of the molecule is CC.CC.CCCC(C)c1ccc(C)cc1. The zero-order valence-corrected chi connectivity index (χ0v) is 12.3. The number of hydrogen-bond acceptors (Lipinski definition) is 0. The fourth-order valence-corrected chi connectivity index (χ4v) is 1.49. The van der Waals surface area contributed by atoms with E-state index in [2.05, 4.69) is 45.0 Å². The lowest BCUT2D eigenvalue weighted by Gasteiger charge is -2.09. The van der Waals surface area contributed by atoms with Gasteiger partial charge in [-0.05, 0) is 24.8 Å². The first kappa shape index (κ1) is 17.6. The summed E-state index contributed by atoms with van der Waals surface area (Å²) in [5, 5.41) is 0. The van der Waals surface area contributed by atoms with E-state index in [1.165, 1.54) is 24.0 Å². The van der Waals surface area contributed by atoms with Crippen molar-refractivity contribution in [3.63, 3.8) is 0 Å². The van der Waals surface area contributed by atoms with Crippen LogP contribution in [0.2, 0.25) is 0 Å². The van der Waals surface area contributed by atoms with E-state index in [0.717, 1.165) is 5.92 Å². The number of hydrogen-bond donors (Lipinski definition) is 0. The molecule has 0 spiro atoms. The first-order chi connectivity index (χ1) is 7.74. The van der Waals surface area contributed by atoms with Crippen LogP contribution in [0.5, 0.6) is 0 Å². The highest BCUT2D eigenvalue weighted by atomic mass is 14.1. The molecule has 0 aromatic heterocycles. The summed E-state index contributed by atoms with van der Waals surface area (Å²) in [5.74, 6) is 0.718. The van der Waals surface area contributed by atoms with Crippen LogP contribution in [-0.4, -0.2) is 0 Å². The molecular formula is C16H30. The predicted molar refractivity (Wildman–Crippen MR) is 77.2 cm³/mol. The summed E-state index contributed by atoms with van der Waals surface area (Å²) >= 11 is 0. The third-order valence-corrected chi connectivity index (χ3v) is 2.37. The molecule has 0 radical (unpaired) electrons. The van der Waals surface area contributed by atoms with Crippen LogP contribution >= 0.6 is 0 Å². The minimum Gasteiger partial charge on any atom is -0.0683 e. The van der Waals surface area contributed by atoms with Crippen molar-refractivity contribution in [2.75, 3.05) is 0 Å². The molecular weight excluding hydrogens is 192 g/mol. The highest BCUT2D eigenvalue weighted by Gasteiger charge is 2.02. The minimum atomic E-state index is 0.718. The van der Waals surface area contributed by atoms with E-state index in [4.69, 9.17) is 0 Å². The van der Waals surface area contributed by atoms with Gasteiger partial charge in [0.05, 0.1) is 0 Å². The van der Waals surface area contributed by atoms with Gasteiger partial charge in [-0.2, -0.15) is 0 Å². The van der Waals surface area contributed by atoms with Crippen molar-refractivity contribution >= 4 is 0 Å². The van der Waals surface area contributed by atoms with Crippen LogP contribution in [0, 0.1) is 6.92 Å². The lowest BCUT2D eigenvalue weighted by Crippen LogP contribution is -1.92. The van der Waals surface area contributed by atoms with Gasteiger partial charge in [0, 0.05) is 0 Å². The molecule has 1 aromatic carbocycles. The lowest BCUT2D eigenvalue weighted by atomic mass is 9.96. The Morgan fingerprint density at radius 2 is 1.38 bits per heavy atom. The maximum Gasteiger partial charge on any atom is -0.0190 e. The minimum absolute atomic E-state index is 0.718. The summed E-state index contributed by atoms with van der Waals surface area (Å²) in [5.41, 5.74) is 2.82. The summed E-state index contributed by atoms with van der Waals surface area (Å²) < 4.78 is 0. The van der Waals surface area contributed by atoms with Gasteiger partial charge in [0.2, 0.25) is 0 Å². The van der Waals surface area contributed by atoms with Gasteiger partial charge in [-0.25, -0.2) is 0 Å². The van der Waals surface area contributed by atoms with Crippen LogP contribution in [0.15, 0.2) is 24.3 Å². The molecule has 0 heterocycles. The van der Waals surface area contributed by atoms with Gasteiger partial charge >= 0.3 is 0 Å². The molecule has 0 N–H and O–H groups in total. The molecule has 0 heteroatoms. The molecule has 1 unspecified atom stereocenters. The Balaban J connectivity index is 0. The Morgan fingerprint density at radius 3 is 1.75 bits per heavy atom. The maximum atomic E-state index is 2.30. The van der Waals surface area contributed by atoms with E-state index in [1.54, 1.807) is 0 Å². The van der Waals surface area contributed by atoms with Crippen LogP contribution in [0.25, 0.3) is 0 Å². The molecule has 1 aromatic rings. The molecule has 0 fully saturated rings. The molecule has 0 nitrogen and oxygen atoms in total. The number of aryl methyl sites for hydroxylation is 1. The number of benzene rings is 1. The van der Waals surface area contributed by atoms with Crippen molar-refractivity contribution in [2.45, 2.75) is 67.2 Å². The fraction of sp³-hybridized carbons (Fsp3) is 0.625. The standard InChI is InChI=1S/C12H18.2C2H6/c1-4-5-11(3)12-8-6-10(2)7-9-12;2*1-2/h6-9,11H,4-5H2,1-3H3;2*1-2H3. The van der Waals surface area contributed by atoms with Gasteiger partial charge < -0.3 is 0 Å². The van der Waals surface area contributed by atoms with Gasteiger partial charge in [-0.3, -0.25) is 0 Å². The van der Waals surface area contributed by atoms with Crippen molar-refractivity contribution in [3.8, 4) is 0 Å². The molecule has 0 bridgehead atoms. The average molecular weight is 222 g/mol. The average Bonchev–Trinajstić information content (AvgIpc) is 2.35. The van der Waals surface area contributed by atoms with E-state index in [1.807, 2.05) is 27.7 Å². The highest BCUT2D eigenvalue weighted by Crippen LogP contribution is 2.20. The van der Waals surface area contributed by atoms with Crippen LogP contribution in [0.1, 0.15) is 71.4 Å². The van der Waals surface area contributed by atoms with Gasteiger partial charge in [0.15, 0.2) is 0 Å². The van der Waals surface area contributed by atoms with Crippen molar-refractivity contribution in [1.82, 2.24) is 0 Å². The van der Waals surface area contributed by atoms with E-state index < -0.39 is 0 Å². The third-order valence-electron chi connectivity index (χ3n) is 2.37. The second-order valence-corrected chi connectivity index (χ2v) is 3.60. The molecule has 0 aliphatic heterocycles. The molecule has 1 atom stereocenters. The Hall–Kier alpha value is -0.780. The molecule has 1 rings (SSSR count). The fourth-order valence-electron chi connectivity index (χ4n) is 1.49. The lowest BCUT2D eigenvalue weighted by molar-refractivity contribution is 0.665. The molecule has 0 aliphatic rings. The van der Waals surface area contributed by atoms with E-state index in [0.29, 0.717) is 0 Å². The summed E-state index contributed by atoms with van der Waals surface area (Å²) in [7, 11) is 0. The van der Waals surface area contributed by atoms with E-state index in [9.17, 15) is 0 Å². The van der Waals surface area contributed by atoms with Crippen molar-refractivity contribution < 1.29 is 0 Å². The quantitative estimate of drug-likeness (QED) is 0.592. The maximum absolute atomic E-state index is 2.30. The van der Waals surface area contributed by atoms with Crippen LogP contribution < -0.4 is 0 Å². The highest BCUT2D eigenvalue weighted by molar-refractivity contribution is 5.23. The summed E-state index contributed by atoms with van der Waals surface area (Å²) in [6.07, 6.45) is 2.57. The van der Waals surface area contributed by atoms with Crippen LogP contribution in [0.4, 0.5) is 0 Å². The summed E-state index contributed by atoms with van der Waals surface area (Å²) in [6.45, 7) is 14.7. The Morgan fingerprint density at radius 1 is 0.938 bits per heavy atom. The zero-order valence-electron chi connectivity index (χ0n) is 12.3. The molecule has 0 amide bonds. The molecule has 16 heavy (non-hydrogen) atoms. The number of rotatable bonds is 3. The van der Waals surface area contributed by atoms with Gasteiger partial charge in [0.25, 0.3) is 0 Å².